The van der Waals surface area contributed by atoms with Crippen molar-refractivity contribution in [1.29, 1.82) is 0 Å². The van der Waals surface area contributed by atoms with Gasteiger partial charge in [0.2, 0.25) is 0 Å². The molecule has 0 aliphatic carbocycles. The highest BCUT2D eigenvalue weighted by molar-refractivity contribution is 7.93. The van der Waals surface area contributed by atoms with E-state index >= 15 is 0 Å². The van der Waals surface area contributed by atoms with Crippen LogP contribution in [0.2, 0.25) is 0 Å². The Kier molecular flexibility index (Phi) is 3.77. The zero-order valence-electron chi connectivity index (χ0n) is 12.0. The van der Waals surface area contributed by atoms with Crippen LogP contribution >= 0.6 is 0 Å². The first-order valence-electron chi connectivity index (χ1n) is 6.28. The van der Waals surface area contributed by atoms with E-state index in [2.05, 4.69) is 9.82 Å². The molecule has 0 saturated carbocycles. The number of aromatic nitrogens is 3. The van der Waals surface area contributed by atoms with Crippen molar-refractivity contribution in [3.8, 4) is 0 Å². The number of hydrogen-bond acceptors (Lipinski definition) is 5. The van der Waals surface area contributed by atoms with Crippen LogP contribution in [0.25, 0.3) is 0 Å². The fourth-order valence-electron chi connectivity index (χ4n) is 1.99. The Hall–Kier alpha value is -2.29. The van der Waals surface area contributed by atoms with Gasteiger partial charge in [0.25, 0.3) is 15.6 Å². The van der Waals surface area contributed by atoms with E-state index in [0.717, 1.165) is 0 Å². The van der Waals surface area contributed by atoms with Gasteiger partial charge in [-0.3, -0.25) is 14.2 Å². The number of anilines is 2. The molecular formula is C12H17N5O3S. The predicted molar refractivity (Wildman–Crippen MR) is 79.5 cm³/mol. The fourth-order valence-corrected chi connectivity index (χ4v) is 3.36. The molecule has 0 aromatic carbocycles. The predicted octanol–water partition coefficient (Wildman–Crippen LogP) is 0.293. The third-order valence-electron chi connectivity index (χ3n) is 3.15. The molecule has 2 heterocycles. The molecule has 0 aliphatic heterocycles. The van der Waals surface area contributed by atoms with Gasteiger partial charge in [-0.25, -0.2) is 8.42 Å². The molecule has 0 aliphatic rings. The molecule has 2 aromatic heterocycles. The van der Waals surface area contributed by atoms with Gasteiger partial charge in [-0.15, -0.1) is 0 Å². The summed E-state index contributed by atoms with van der Waals surface area (Å²) in [5.74, 6) is -0.0636. The van der Waals surface area contributed by atoms with Crippen LogP contribution in [-0.2, 0) is 23.6 Å². The lowest BCUT2D eigenvalue weighted by Gasteiger charge is -2.10. The monoisotopic (exact) mass is 311 g/mol. The molecule has 2 rings (SSSR count). The maximum absolute atomic E-state index is 12.4. The summed E-state index contributed by atoms with van der Waals surface area (Å²) in [6, 6.07) is 2.72. The summed E-state index contributed by atoms with van der Waals surface area (Å²) in [5.41, 5.74) is 6.18. The van der Waals surface area contributed by atoms with Gasteiger partial charge in [-0.1, -0.05) is 0 Å². The maximum atomic E-state index is 12.4. The lowest BCUT2D eigenvalue weighted by atomic mass is 10.4. The van der Waals surface area contributed by atoms with Crippen LogP contribution in [0, 0.1) is 6.92 Å². The topological polar surface area (TPSA) is 112 Å². The second kappa shape index (κ2) is 5.24. The quantitative estimate of drug-likeness (QED) is 0.843. The molecule has 2 aromatic rings. The van der Waals surface area contributed by atoms with Crippen LogP contribution in [-0.4, -0.2) is 22.8 Å². The summed E-state index contributed by atoms with van der Waals surface area (Å²) < 4.78 is 30.0. The minimum atomic E-state index is -3.87. The minimum Gasteiger partial charge on any atom is -0.381 e. The summed E-state index contributed by atoms with van der Waals surface area (Å²) in [7, 11) is -2.25. The van der Waals surface area contributed by atoms with E-state index in [4.69, 9.17) is 5.73 Å². The van der Waals surface area contributed by atoms with Gasteiger partial charge in [0, 0.05) is 25.9 Å². The van der Waals surface area contributed by atoms with Gasteiger partial charge < -0.3 is 10.3 Å². The van der Waals surface area contributed by atoms with E-state index in [1.54, 1.807) is 20.9 Å². The Morgan fingerprint density at radius 2 is 2.05 bits per heavy atom. The second-order valence-corrected chi connectivity index (χ2v) is 6.19. The van der Waals surface area contributed by atoms with Gasteiger partial charge in [0.1, 0.15) is 0 Å². The summed E-state index contributed by atoms with van der Waals surface area (Å²) in [4.78, 5) is 11.4. The van der Waals surface area contributed by atoms with Crippen molar-refractivity contribution in [3.05, 3.63) is 34.4 Å². The third-order valence-corrected chi connectivity index (χ3v) is 4.70. The minimum absolute atomic E-state index is 0.0563. The summed E-state index contributed by atoms with van der Waals surface area (Å²) in [5, 5.41) is 3.89. The molecule has 0 bridgehead atoms. The summed E-state index contributed by atoms with van der Waals surface area (Å²) in [6.07, 6.45) is 1.45. The maximum Gasteiger partial charge on any atom is 0.267 e. The third kappa shape index (κ3) is 2.77. The highest BCUT2D eigenvalue weighted by atomic mass is 32.2. The first-order valence-corrected chi connectivity index (χ1v) is 7.77. The standard InChI is InChI=1S/C12H17N5O3S/c1-4-17-7-9(5-6-10(17)18)15-21(19,20)11-8(2)16(3)14-12(11)13/h5-7,15H,4H2,1-3H3,(H2,13,14). The number of nitrogens with one attached hydrogen (secondary N) is 1. The van der Waals surface area contributed by atoms with Crippen LogP contribution in [0.15, 0.2) is 28.0 Å². The number of nitrogens with zero attached hydrogens (tertiary/aromatic N) is 3. The van der Waals surface area contributed by atoms with E-state index in [-0.39, 0.29) is 16.3 Å². The molecule has 0 amide bonds. The zero-order valence-corrected chi connectivity index (χ0v) is 12.8. The number of nitrogens with two attached hydrogens (primary N) is 1. The molecule has 0 fully saturated rings. The van der Waals surface area contributed by atoms with Gasteiger partial charge in [0.05, 0.1) is 11.4 Å². The Labute approximate surface area is 122 Å². The van der Waals surface area contributed by atoms with Crippen molar-refractivity contribution in [2.45, 2.75) is 25.3 Å². The van der Waals surface area contributed by atoms with E-state index in [1.807, 2.05) is 0 Å². The lowest BCUT2D eigenvalue weighted by Crippen LogP contribution is -2.20. The zero-order chi connectivity index (χ0) is 15.8. The van der Waals surface area contributed by atoms with Crippen LogP contribution in [0.5, 0.6) is 0 Å². The number of hydrogen-bond donors (Lipinski definition) is 2. The second-order valence-electron chi connectivity index (χ2n) is 4.57. The number of sulfonamides is 1. The Morgan fingerprint density at radius 3 is 2.57 bits per heavy atom. The van der Waals surface area contributed by atoms with Crippen LogP contribution in [0.1, 0.15) is 12.6 Å². The number of nitrogen functional groups attached to an aromatic ring is 1. The van der Waals surface area contributed by atoms with Gasteiger partial charge in [-0.2, -0.15) is 5.10 Å². The summed E-state index contributed by atoms with van der Waals surface area (Å²) in [6.45, 7) is 3.86. The van der Waals surface area contributed by atoms with E-state index in [1.165, 1.54) is 27.6 Å². The van der Waals surface area contributed by atoms with Crippen molar-refractivity contribution < 1.29 is 8.42 Å². The first kappa shape index (κ1) is 15.1. The van der Waals surface area contributed by atoms with E-state index in [9.17, 15) is 13.2 Å². The number of rotatable bonds is 4. The number of aryl methyl sites for hydroxylation is 2. The Bertz CT molecular complexity index is 835. The molecule has 0 saturated heterocycles. The molecule has 3 N–H and O–H groups in total. The smallest absolute Gasteiger partial charge is 0.267 e. The largest absolute Gasteiger partial charge is 0.381 e. The molecule has 21 heavy (non-hydrogen) atoms. The van der Waals surface area contributed by atoms with Gasteiger partial charge in [-0.05, 0) is 19.9 Å². The molecule has 0 atom stereocenters. The van der Waals surface area contributed by atoms with Crippen molar-refractivity contribution in [3.63, 3.8) is 0 Å². The molecule has 114 valence electrons. The lowest BCUT2D eigenvalue weighted by molar-refractivity contribution is 0.600. The van der Waals surface area contributed by atoms with Crippen molar-refractivity contribution in [1.82, 2.24) is 14.3 Å². The van der Waals surface area contributed by atoms with Gasteiger partial charge >= 0.3 is 0 Å². The fraction of sp³-hybridized carbons (Fsp3) is 0.333. The molecule has 9 heteroatoms. The van der Waals surface area contributed by atoms with Crippen molar-refractivity contribution >= 4 is 21.5 Å². The average molecular weight is 311 g/mol. The average Bonchev–Trinajstić information content (AvgIpc) is 2.65. The van der Waals surface area contributed by atoms with Crippen molar-refractivity contribution in [2.24, 2.45) is 7.05 Å². The molecule has 0 radical (unpaired) electrons. The van der Waals surface area contributed by atoms with E-state index in [0.29, 0.717) is 17.9 Å². The highest BCUT2D eigenvalue weighted by Crippen LogP contribution is 2.23. The Balaban J connectivity index is 2.45. The number of pyridine rings is 1. The van der Waals surface area contributed by atoms with Crippen LogP contribution < -0.4 is 16.0 Å². The molecular weight excluding hydrogens is 294 g/mol. The SMILES string of the molecule is CCn1cc(NS(=O)(=O)c2c(N)nn(C)c2C)ccc1=O. The first-order chi connectivity index (χ1) is 9.76. The molecule has 0 unspecified atom stereocenters. The normalized spacial score (nSPS) is 11.6. The van der Waals surface area contributed by atoms with Crippen molar-refractivity contribution in [2.75, 3.05) is 10.5 Å². The Morgan fingerprint density at radius 1 is 1.38 bits per heavy atom. The van der Waals surface area contributed by atoms with Crippen LogP contribution in [0.4, 0.5) is 11.5 Å². The summed E-state index contributed by atoms with van der Waals surface area (Å²) >= 11 is 0. The van der Waals surface area contributed by atoms with E-state index < -0.39 is 10.0 Å². The molecule has 0 spiro atoms. The van der Waals surface area contributed by atoms with Crippen LogP contribution in [0.3, 0.4) is 0 Å². The van der Waals surface area contributed by atoms with Gasteiger partial charge in [0.15, 0.2) is 10.7 Å². The molecule has 8 nitrogen and oxygen atoms in total. The highest BCUT2D eigenvalue weighted by Gasteiger charge is 2.24.